The SMILES string of the molecule is CCN(CCOC)C(=O)CN1CCC(CNC(=O)n2c(=O)n(C(C)C)c3ccccc32)CC1. The molecule has 3 rings (SSSR count). The van der Waals surface area contributed by atoms with E-state index in [1.165, 1.54) is 4.57 Å². The Morgan fingerprint density at radius 2 is 1.85 bits per heavy atom. The number of hydrogen-bond acceptors (Lipinski definition) is 5. The molecule has 1 fully saturated rings. The third-order valence-electron chi connectivity index (χ3n) is 6.41. The molecular weight excluding hydrogens is 422 g/mol. The van der Waals surface area contributed by atoms with Crippen LogP contribution in [0.5, 0.6) is 0 Å². The molecule has 33 heavy (non-hydrogen) atoms. The summed E-state index contributed by atoms with van der Waals surface area (Å²) >= 11 is 0. The van der Waals surface area contributed by atoms with Gasteiger partial charge in [-0.05, 0) is 64.8 Å². The Bertz CT molecular complexity index is 1000. The largest absolute Gasteiger partial charge is 0.383 e. The molecule has 0 radical (unpaired) electrons. The number of hydrogen-bond donors (Lipinski definition) is 1. The van der Waals surface area contributed by atoms with Crippen LogP contribution in [0.15, 0.2) is 29.1 Å². The zero-order chi connectivity index (χ0) is 24.0. The van der Waals surface area contributed by atoms with Crippen molar-refractivity contribution in [1.29, 1.82) is 0 Å². The van der Waals surface area contributed by atoms with Crippen LogP contribution in [0, 0.1) is 5.92 Å². The molecule has 0 spiro atoms. The highest BCUT2D eigenvalue weighted by Gasteiger charge is 2.24. The van der Waals surface area contributed by atoms with Crippen molar-refractivity contribution in [2.24, 2.45) is 5.92 Å². The molecule has 0 unspecified atom stereocenters. The zero-order valence-electron chi connectivity index (χ0n) is 20.2. The lowest BCUT2D eigenvalue weighted by atomic mass is 9.97. The summed E-state index contributed by atoms with van der Waals surface area (Å²) < 4.78 is 7.97. The van der Waals surface area contributed by atoms with Crippen LogP contribution in [-0.2, 0) is 9.53 Å². The van der Waals surface area contributed by atoms with E-state index in [1.54, 1.807) is 17.7 Å². The number of para-hydroxylation sites is 2. The van der Waals surface area contributed by atoms with Gasteiger partial charge in [-0.2, -0.15) is 0 Å². The minimum Gasteiger partial charge on any atom is -0.383 e. The molecule has 1 saturated heterocycles. The van der Waals surface area contributed by atoms with E-state index in [4.69, 9.17) is 4.74 Å². The van der Waals surface area contributed by atoms with Crippen LogP contribution < -0.4 is 11.0 Å². The molecule has 182 valence electrons. The molecule has 0 bridgehead atoms. The van der Waals surface area contributed by atoms with Crippen molar-refractivity contribution in [2.75, 3.05) is 53.0 Å². The number of piperidine rings is 1. The van der Waals surface area contributed by atoms with Crippen LogP contribution in [0.25, 0.3) is 11.0 Å². The van der Waals surface area contributed by atoms with Crippen LogP contribution in [0.1, 0.15) is 39.7 Å². The van der Waals surface area contributed by atoms with Gasteiger partial charge in [-0.25, -0.2) is 14.2 Å². The first kappa shape index (κ1) is 25.0. The normalized spacial score (nSPS) is 15.3. The zero-order valence-corrected chi connectivity index (χ0v) is 20.2. The maximum Gasteiger partial charge on any atom is 0.337 e. The lowest BCUT2D eigenvalue weighted by Crippen LogP contribution is -2.46. The molecular formula is C24H37N5O4. The van der Waals surface area contributed by atoms with Gasteiger partial charge in [-0.1, -0.05) is 12.1 Å². The number of imidazole rings is 1. The number of benzene rings is 1. The molecule has 2 aromatic rings. The van der Waals surface area contributed by atoms with Crippen LogP contribution in [0.4, 0.5) is 4.79 Å². The number of likely N-dealkylation sites (tertiary alicyclic amines) is 1. The van der Waals surface area contributed by atoms with E-state index in [1.807, 2.05) is 43.9 Å². The first-order valence-electron chi connectivity index (χ1n) is 11.9. The van der Waals surface area contributed by atoms with Gasteiger partial charge < -0.3 is 15.0 Å². The van der Waals surface area contributed by atoms with Crippen molar-refractivity contribution in [1.82, 2.24) is 24.3 Å². The summed E-state index contributed by atoms with van der Waals surface area (Å²) in [5.41, 5.74) is 1.07. The monoisotopic (exact) mass is 459 g/mol. The van der Waals surface area contributed by atoms with Crippen molar-refractivity contribution in [3.8, 4) is 0 Å². The molecule has 1 aliphatic rings. The number of methoxy groups -OCH3 is 1. The standard InChI is InChI=1S/C24H37N5O4/c1-5-27(14-15-33-4)22(30)17-26-12-10-19(11-13-26)16-25-23(31)29-21-9-7-6-8-20(21)28(18(2)3)24(29)32/h6-9,18-19H,5,10-17H2,1-4H3,(H,25,31). The lowest BCUT2D eigenvalue weighted by molar-refractivity contribution is -0.133. The highest BCUT2D eigenvalue weighted by Crippen LogP contribution is 2.18. The molecule has 0 saturated carbocycles. The predicted molar refractivity (Wildman–Crippen MR) is 129 cm³/mol. The van der Waals surface area contributed by atoms with Crippen molar-refractivity contribution >= 4 is 23.0 Å². The van der Waals surface area contributed by atoms with Gasteiger partial charge in [-0.3, -0.25) is 14.3 Å². The Morgan fingerprint density at radius 1 is 1.18 bits per heavy atom. The highest BCUT2D eigenvalue weighted by molar-refractivity contribution is 5.89. The molecule has 1 aromatic heterocycles. The van der Waals surface area contributed by atoms with E-state index in [-0.39, 0.29) is 23.7 Å². The summed E-state index contributed by atoms with van der Waals surface area (Å²) in [5, 5.41) is 2.96. The van der Waals surface area contributed by atoms with Gasteiger partial charge in [0.2, 0.25) is 5.91 Å². The first-order valence-corrected chi connectivity index (χ1v) is 11.9. The second-order valence-corrected chi connectivity index (χ2v) is 8.94. The predicted octanol–water partition coefficient (Wildman–Crippen LogP) is 2.15. The maximum atomic E-state index is 12.9. The molecule has 2 heterocycles. The van der Waals surface area contributed by atoms with Crippen LogP contribution >= 0.6 is 0 Å². The third kappa shape index (κ3) is 5.83. The van der Waals surface area contributed by atoms with Gasteiger partial charge in [-0.15, -0.1) is 0 Å². The van der Waals surface area contributed by atoms with Crippen molar-refractivity contribution in [2.45, 2.75) is 39.7 Å². The van der Waals surface area contributed by atoms with Gasteiger partial charge in [0.1, 0.15) is 0 Å². The number of nitrogens with one attached hydrogen (secondary N) is 1. The summed E-state index contributed by atoms with van der Waals surface area (Å²) in [6.45, 7) is 10.3. The Hall–Kier alpha value is -2.65. The lowest BCUT2D eigenvalue weighted by Gasteiger charge is -2.33. The Labute approximate surface area is 195 Å². The van der Waals surface area contributed by atoms with E-state index in [0.717, 1.165) is 31.4 Å². The van der Waals surface area contributed by atoms with Gasteiger partial charge in [0, 0.05) is 32.8 Å². The Kier molecular flexibility index (Phi) is 8.68. The number of nitrogens with zero attached hydrogens (tertiary/aromatic N) is 4. The average molecular weight is 460 g/mol. The van der Waals surface area contributed by atoms with Gasteiger partial charge in [0.15, 0.2) is 0 Å². The molecule has 9 nitrogen and oxygen atoms in total. The molecule has 1 N–H and O–H groups in total. The minimum atomic E-state index is -0.384. The summed E-state index contributed by atoms with van der Waals surface area (Å²) in [4.78, 5) is 42.4. The molecule has 2 amide bonds. The Balaban J connectivity index is 1.54. The van der Waals surface area contributed by atoms with E-state index in [0.29, 0.717) is 44.2 Å². The van der Waals surface area contributed by atoms with Gasteiger partial charge in [0.25, 0.3) is 0 Å². The van der Waals surface area contributed by atoms with Crippen LogP contribution in [0.2, 0.25) is 0 Å². The summed E-state index contributed by atoms with van der Waals surface area (Å²) in [5.74, 6) is 0.451. The van der Waals surface area contributed by atoms with Gasteiger partial charge >= 0.3 is 11.7 Å². The molecule has 9 heteroatoms. The first-order chi connectivity index (χ1) is 15.9. The highest BCUT2D eigenvalue weighted by atomic mass is 16.5. The number of rotatable bonds is 9. The number of carbonyl (C=O) groups excluding carboxylic acids is 2. The number of likely N-dealkylation sites (N-methyl/N-ethyl adjacent to an activating group) is 1. The topological polar surface area (TPSA) is 88.8 Å². The molecule has 0 atom stereocenters. The van der Waals surface area contributed by atoms with E-state index in [9.17, 15) is 14.4 Å². The molecule has 1 aromatic carbocycles. The number of fused-ring (bicyclic) bond motifs is 1. The van der Waals surface area contributed by atoms with Crippen LogP contribution in [-0.4, -0.2) is 83.9 Å². The second kappa shape index (κ2) is 11.5. The third-order valence-corrected chi connectivity index (χ3v) is 6.41. The second-order valence-electron chi connectivity index (χ2n) is 8.94. The maximum absolute atomic E-state index is 12.9. The fourth-order valence-electron chi connectivity index (χ4n) is 4.48. The average Bonchev–Trinajstić information content (AvgIpc) is 3.10. The Morgan fingerprint density at radius 3 is 2.45 bits per heavy atom. The van der Waals surface area contributed by atoms with E-state index < -0.39 is 0 Å². The van der Waals surface area contributed by atoms with Crippen molar-refractivity contribution < 1.29 is 14.3 Å². The van der Waals surface area contributed by atoms with Crippen molar-refractivity contribution in [3.63, 3.8) is 0 Å². The number of aromatic nitrogens is 2. The van der Waals surface area contributed by atoms with E-state index >= 15 is 0 Å². The van der Waals surface area contributed by atoms with Crippen molar-refractivity contribution in [3.05, 3.63) is 34.7 Å². The number of carbonyl (C=O) groups is 2. The fraction of sp³-hybridized carbons (Fsp3) is 0.625. The summed E-state index contributed by atoms with van der Waals surface area (Å²) in [6.07, 6.45) is 1.81. The minimum absolute atomic E-state index is 0.0402. The fourth-order valence-corrected chi connectivity index (χ4v) is 4.48. The number of amides is 2. The van der Waals surface area contributed by atoms with E-state index in [2.05, 4.69) is 10.2 Å². The van der Waals surface area contributed by atoms with Gasteiger partial charge in [0.05, 0.1) is 24.2 Å². The molecule has 0 aliphatic carbocycles. The van der Waals surface area contributed by atoms with Crippen LogP contribution in [0.3, 0.4) is 0 Å². The quantitative estimate of drug-likeness (QED) is 0.621. The summed E-state index contributed by atoms with van der Waals surface area (Å²) in [6, 6.07) is 6.95. The smallest absolute Gasteiger partial charge is 0.337 e. The summed E-state index contributed by atoms with van der Waals surface area (Å²) in [7, 11) is 1.64. The number of ether oxygens (including phenoxy) is 1. The molecule has 1 aliphatic heterocycles.